The highest BCUT2D eigenvalue weighted by atomic mass is 35.5. The van der Waals surface area contributed by atoms with Crippen molar-refractivity contribution in [2.75, 3.05) is 26.2 Å². The zero-order valence-corrected chi connectivity index (χ0v) is 17.1. The van der Waals surface area contributed by atoms with Crippen LogP contribution in [0.3, 0.4) is 0 Å². The zero-order chi connectivity index (χ0) is 19.2. The fourth-order valence-corrected chi connectivity index (χ4v) is 3.29. The van der Waals surface area contributed by atoms with Crippen molar-refractivity contribution in [1.82, 2.24) is 10.2 Å². The van der Waals surface area contributed by atoms with Crippen LogP contribution in [0.2, 0.25) is 5.02 Å². The fourth-order valence-electron chi connectivity index (χ4n) is 3.03. The molecular weight excluding hydrogens is 352 g/mol. The summed E-state index contributed by atoms with van der Waals surface area (Å²) in [6.07, 6.45) is 2.53. The van der Waals surface area contributed by atoms with Gasteiger partial charge in [0.15, 0.2) is 0 Å². The van der Waals surface area contributed by atoms with Crippen molar-refractivity contribution in [2.45, 2.75) is 58.6 Å². The molecule has 6 heteroatoms. The molecule has 1 aromatic rings. The Labute approximate surface area is 162 Å². The Morgan fingerprint density at radius 1 is 1.31 bits per heavy atom. The average Bonchev–Trinajstić information content (AvgIpc) is 2.55. The van der Waals surface area contributed by atoms with Gasteiger partial charge in [0, 0.05) is 25.7 Å². The fraction of sp³-hybridized carbons (Fsp3) is 0.650. The second-order valence-corrected chi connectivity index (χ2v) is 8.12. The van der Waals surface area contributed by atoms with Crippen molar-refractivity contribution in [1.29, 1.82) is 0 Å². The molecule has 0 bridgehead atoms. The highest BCUT2D eigenvalue weighted by molar-refractivity contribution is 6.32. The van der Waals surface area contributed by atoms with E-state index in [1.165, 1.54) is 5.56 Å². The van der Waals surface area contributed by atoms with Crippen LogP contribution < -0.4 is 10.1 Å². The smallest absolute Gasteiger partial charge is 0.407 e. The summed E-state index contributed by atoms with van der Waals surface area (Å²) in [4.78, 5) is 14.3. The molecule has 0 aromatic heterocycles. The highest BCUT2D eigenvalue weighted by Gasteiger charge is 2.23. The summed E-state index contributed by atoms with van der Waals surface area (Å²) in [7, 11) is 0. The number of hydrogen-bond donors (Lipinski definition) is 1. The molecule has 1 aliphatic heterocycles. The summed E-state index contributed by atoms with van der Waals surface area (Å²) >= 11 is 6.25. The number of halogens is 1. The first-order valence-corrected chi connectivity index (χ1v) is 9.77. The maximum Gasteiger partial charge on any atom is 0.407 e. The Morgan fingerprint density at radius 3 is 2.58 bits per heavy atom. The molecule has 1 amide bonds. The van der Waals surface area contributed by atoms with E-state index >= 15 is 0 Å². The van der Waals surface area contributed by atoms with E-state index in [1.54, 1.807) is 0 Å². The van der Waals surface area contributed by atoms with E-state index in [0.29, 0.717) is 11.6 Å². The van der Waals surface area contributed by atoms with Crippen LogP contribution in [0.15, 0.2) is 18.2 Å². The van der Waals surface area contributed by atoms with E-state index in [1.807, 2.05) is 39.8 Å². The molecule has 2 rings (SSSR count). The summed E-state index contributed by atoms with van der Waals surface area (Å²) in [6, 6.07) is 6.20. The van der Waals surface area contributed by atoms with Crippen molar-refractivity contribution in [3.05, 3.63) is 28.8 Å². The lowest BCUT2D eigenvalue weighted by Gasteiger charge is -2.32. The zero-order valence-electron chi connectivity index (χ0n) is 16.3. The van der Waals surface area contributed by atoms with Gasteiger partial charge in [-0.25, -0.2) is 4.79 Å². The number of rotatable bonds is 6. The van der Waals surface area contributed by atoms with Crippen molar-refractivity contribution in [2.24, 2.45) is 0 Å². The van der Waals surface area contributed by atoms with E-state index in [2.05, 4.69) is 16.3 Å². The van der Waals surface area contributed by atoms with Gasteiger partial charge in [0.05, 0.1) is 11.6 Å². The molecular formula is C20H31ClN2O3. The van der Waals surface area contributed by atoms with Crippen LogP contribution in [0.4, 0.5) is 4.79 Å². The van der Waals surface area contributed by atoms with E-state index < -0.39 is 5.60 Å². The molecule has 146 valence electrons. The van der Waals surface area contributed by atoms with Crippen molar-refractivity contribution < 1.29 is 14.3 Å². The SMILES string of the molecule is CCOc1ccc(CCN2CCC(NC(=O)OC(C)(C)C)CC2)cc1Cl. The molecule has 0 atom stereocenters. The van der Waals surface area contributed by atoms with Crippen molar-refractivity contribution >= 4 is 17.7 Å². The monoisotopic (exact) mass is 382 g/mol. The minimum absolute atomic E-state index is 0.195. The normalized spacial score (nSPS) is 16.3. The second kappa shape index (κ2) is 9.47. The molecule has 26 heavy (non-hydrogen) atoms. The van der Waals surface area contributed by atoms with Gasteiger partial charge in [-0.3, -0.25) is 0 Å². The number of nitrogens with zero attached hydrogens (tertiary/aromatic N) is 1. The molecule has 0 unspecified atom stereocenters. The lowest BCUT2D eigenvalue weighted by atomic mass is 10.0. The van der Waals surface area contributed by atoms with Crippen LogP contribution in [-0.2, 0) is 11.2 Å². The Balaban J connectivity index is 1.72. The van der Waals surface area contributed by atoms with Gasteiger partial charge in [-0.05, 0) is 64.7 Å². The molecule has 1 N–H and O–H groups in total. The van der Waals surface area contributed by atoms with E-state index in [0.717, 1.165) is 44.6 Å². The van der Waals surface area contributed by atoms with Gasteiger partial charge in [0.2, 0.25) is 0 Å². The Morgan fingerprint density at radius 2 is 2.00 bits per heavy atom. The molecule has 1 heterocycles. The summed E-state index contributed by atoms with van der Waals surface area (Å²) in [5, 5.41) is 3.65. The topological polar surface area (TPSA) is 50.8 Å². The third kappa shape index (κ3) is 7.04. The van der Waals surface area contributed by atoms with Gasteiger partial charge in [0.25, 0.3) is 0 Å². The van der Waals surface area contributed by atoms with Crippen molar-refractivity contribution in [3.8, 4) is 5.75 Å². The summed E-state index contributed by atoms with van der Waals surface area (Å²) in [5.41, 5.74) is 0.761. The number of carbonyl (C=O) groups excluding carboxylic acids is 1. The van der Waals surface area contributed by atoms with Gasteiger partial charge in [-0.15, -0.1) is 0 Å². The maximum absolute atomic E-state index is 11.9. The minimum atomic E-state index is -0.455. The first-order chi connectivity index (χ1) is 12.3. The minimum Gasteiger partial charge on any atom is -0.492 e. The highest BCUT2D eigenvalue weighted by Crippen LogP contribution is 2.25. The van der Waals surface area contributed by atoms with E-state index in [4.69, 9.17) is 21.1 Å². The maximum atomic E-state index is 11.9. The summed E-state index contributed by atoms with van der Waals surface area (Å²) in [6.45, 7) is 11.1. The number of benzene rings is 1. The number of carbonyl (C=O) groups is 1. The number of ether oxygens (including phenoxy) is 2. The molecule has 1 aromatic carbocycles. The second-order valence-electron chi connectivity index (χ2n) is 7.71. The van der Waals surface area contributed by atoms with Gasteiger partial charge in [0.1, 0.15) is 11.4 Å². The molecule has 1 fully saturated rings. The van der Waals surface area contributed by atoms with Crippen molar-refractivity contribution in [3.63, 3.8) is 0 Å². The number of amides is 1. The Kier molecular flexibility index (Phi) is 7.59. The number of hydrogen-bond acceptors (Lipinski definition) is 4. The van der Waals surface area contributed by atoms with Gasteiger partial charge in [-0.1, -0.05) is 17.7 Å². The first kappa shape index (κ1) is 20.8. The number of likely N-dealkylation sites (tertiary alicyclic amines) is 1. The molecule has 5 nitrogen and oxygen atoms in total. The molecule has 0 radical (unpaired) electrons. The van der Waals surface area contributed by atoms with Crippen LogP contribution in [0.1, 0.15) is 46.1 Å². The summed E-state index contributed by atoms with van der Waals surface area (Å²) in [5.74, 6) is 0.743. The molecule has 1 aliphatic rings. The van der Waals surface area contributed by atoms with Gasteiger partial charge < -0.3 is 19.7 Å². The molecule has 0 saturated carbocycles. The number of alkyl carbamates (subject to hydrolysis) is 1. The number of nitrogens with one attached hydrogen (secondary N) is 1. The lowest BCUT2D eigenvalue weighted by molar-refractivity contribution is 0.0479. The van der Waals surface area contributed by atoms with E-state index in [9.17, 15) is 4.79 Å². The third-order valence-corrected chi connectivity index (χ3v) is 4.62. The Bertz CT molecular complexity index is 593. The molecule has 0 spiro atoms. The van der Waals surface area contributed by atoms with Crippen LogP contribution in [0.25, 0.3) is 0 Å². The van der Waals surface area contributed by atoms with Crippen LogP contribution in [0.5, 0.6) is 5.75 Å². The standard InChI is InChI=1S/C20H31ClN2O3/c1-5-25-18-7-6-15(14-17(18)21)8-11-23-12-9-16(10-13-23)22-19(24)26-20(2,3)4/h6-7,14,16H,5,8-13H2,1-4H3,(H,22,24). The third-order valence-electron chi connectivity index (χ3n) is 4.32. The predicted octanol–water partition coefficient (Wildman–Crippen LogP) is 4.27. The van der Waals surface area contributed by atoms with Crippen LogP contribution >= 0.6 is 11.6 Å². The predicted molar refractivity (Wildman–Crippen MR) is 105 cm³/mol. The average molecular weight is 383 g/mol. The first-order valence-electron chi connectivity index (χ1n) is 9.40. The Hall–Kier alpha value is -1.46. The van der Waals surface area contributed by atoms with Crippen LogP contribution in [-0.4, -0.2) is 48.9 Å². The lowest BCUT2D eigenvalue weighted by Crippen LogP contribution is -2.46. The summed E-state index contributed by atoms with van der Waals surface area (Å²) < 4.78 is 10.8. The quantitative estimate of drug-likeness (QED) is 0.798. The van der Waals surface area contributed by atoms with E-state index in [-0.39, 0.29) is 12.1 Å². The van der Waals surface area contributed by atoms with Gasteiger partial charge >= 0.3 is 6.09 Å². The molecule has 1 saturated heterocycles. The van der Waals surface area contributed by atoms with Gasteiger partial charge in [-0.2, -0.15) is 0 Å². The largest absolute Gasteiger partial charge is 0.492 e. The van der Waals surface area contributed by atoms with Crippen LogP contribution in [0, 0.1) is 0 Å². The molecule has 0 aliphatic carbocycles. The number of piperidine rings is 1.